The molecule has 6 nitrogen and oxygen atoms in total. The fraction of sp³-hybridized carbons (Fsp3) is 0.267. The minimum Gasteiger partial charge on any atom is -0.497 e. The Labute approximate surface area is 137 Å². The number of hydrogen-bond donors (Lipinski definition) is 1. The standard InChI is InChI=1S/C15H17BrN4O2/c1-10-15(16)11(2)20(19-10)9-14(21)18-17-8-12-4-6-13(22-3)7-5-12/h4-8H,9H2,1-3H3,(H,18,21)/b17-8-. The molecule has 2 aromatic rings. The summed E-state index contributed by atoms with van der Waals surface area (Å²) < 4.78 is 7.63. The van der Waals surface area contributed by atoms with E-state index in [1.165, 1.54) is 0 Å². The van der Waals surface area contributed by atoms with E-state index in [1.54, 1.807) is 18.0 Å². The van der Waals surface area contributed by atoms with Gasteiger partial charge in [-0.2, -0.15) is 10.2 Å². The first-order valence-electron chi connectivity index (χ1n) is 6.66. The fourth-order valence-corrected chi connectivity index (χ4v) is 2.15. The number of aryl methyl sites for hydroxylation is 1. The monoisotopic (exact) mass is 364 g/mol. The van der Waals surface area contributed by atoms with E-state index in [-0.39, 0.29) is 12.5 Å². The van der Waals surface area contributed by atoms with E-state index < -0.39 is 0 Å². The van der Waals surface area contributed by atoms with Crippen LogP contribution in [0.5, 0.6) is 5.75 Å². The topological polar surface area (TPSA) is 68.5 Å². The molecule has 0 saturated heterocycles. The van der Waals surface area contributed by atoms with Gasteiger partial charge in [-0.1, -0.05) is 0 Å². The molecule has 0 radical (unpaired) electrons. The van der Waals surface area contributed by atoms with Gasteiger partial charge >= 0.3 is 0 Å². The predicted octanol–water partition coefficient (Wildman–Crippen LogP) is 2.42. The molecule has 0 spiro atoms. The summed E-state index contributed by atoms with van der Waals surface area (Å²) in [7, 11) is 1.61. The first-order valence-corrected chi connectivity index (χ1v) is 7.46. The lowest BCUT2D eigenvalue weighted by atomic mass is 10.2. The molecule has 7 heteroatoms. The molecule has 116 valence electrons. The van der Waals surface area contributed by atoms with E-state index in [9.17, 15) is 4.79 Å². The number of methoxy groups -OCH3 is 1. The van der Waals surface area contributed by atoms with Crippen LogP contribution in [0.15, 0.2) is 33.8 Å². The van der Waals surface area contributed by atoms with Crippen LogP contribution >= 0.6 is 15.9 Å². The molecule has 0 aliphatic heterocycles. The fourth-order valence-electron chi connectivity index (χ4n) is 1.87. The highest BCUT2D eigenvalue weighted by Gasteiger charge is 2.11. The van der Waals surface area contributed by atoms with Crippen LogP contribution in [0.4, 0.5) is 0 Å². The second-order valence-electron chi connectivity index (χ2n) is 4.71. The van der Waals surface area contributed by atoms with Crippen molar-refractivity contribution in [2.75, 3.05) is 7.11 Å². The van der Waals surface area contributed by atoms with Gasteiger partial charge in [-0.25, -0.2) is 5.43 Å². The zero-order valence-electron chi connectivity index (χ0n) is 12.6. The molecule has 1 amide bonds. The molecule has 0 atom stereocenters. The van der Waals surface area contributed by atoms with Gasteiger partial charge in [0, 0.05) is 0 Å². The molecular weight excluding hydrogens is 348 g/mol. The summed E-state index contributed by atoms with van der Waals surface area (Å²) in [6, 6.07) is 7.37. The van der Waals surface area contributed by atoms with E-state index in [0.717, 1.165) is 27.2 Å². The molecule has 1 N–H and O–H groups in total. The van der Waals surface area contributed by atoms with Gasteiger partial charge in [0.15, 0.2) is 0 Å². The Hall–Kier alpha value is -2.15. The first-order chi connectivity index (χ1) is 10.5. The number of nitrogens with zero attached hydrogens (tertiary/aromatic N) is 3. The van der Waals surface area contributed by atoms with Crippen molar-refractivity contribution in [3.05, 3.63) is 45.7 Å². The number of carbonyl (C=O) groups is 1. The van der Waals surface area contributed by atoms with Crippen molar-refractivity contribution in [2.45, 2.75) is 20.4 Å². The molecule has 1 heterocycles. The number of rotatable bonds is 5. The first kappa shape index (κ1) is 16.2. The lowest BCUT2D eigenvalue weighted by molar-refractivity contribution is -0.121. The maximum atomic E-state index is 11.9. The van der Waals surface area contributed by atoms with Crippen LogP contribution in [0, 0.1) is 13.8 Å². The van der Waals surface area contributed by atoms with Crippen LogP contribution in [0.3, 0.4) is 0 Å². The Kier molecular flexibility index (Phi) is 5.32. The number of carbonyl (C=O) groups excluding carboxylic acids is 1. The summed E-state index contributed by atoms with van der Waals surface area (Å²) in [6.45, 7) is 3.91. The number of ether oxygens (including phenoxy) is 1. The largest absolute Gasteiger partial charge is 0.497 e. The van der Waals surface area contributed by atoms with Crippen LogP contribution in [-0.4, -0.2) is 29.0 Å². The van der Waals surface area contributed by atoms with E-state index >= 15 is 0 Å². The van der Waals surface area contributed by atoms with Crippen molar-refractivity contribution in [3.8, 4) is 5.75 Å². The van der Waals surface area contributed by atoms with Gasteiger partial charge in [0.1, 0.15) is 12.3 Å². The summed E-state index contributed by atoms with van der Waals surface area (Å²) in [4.78, 5) is 11.9. The summed E-state index contributed by atoms with van der Waals surface area (Å²) in [5.74, 6) is 0.541. The highest BCUT2D eigenvalue weighted by molar-refractivity contribution is 9.10. The number of aromatic nitrogens is 2. The third-order valence-electron chi connectivity index (χ3n) is 3.11. The van der Waals surface area contributed by atoms with Crippen LogP contribution < -0.4 is 10.2 Å². The van der Waals surface area contributed by atoms with Crippen molar-refractivity contribution in [3.63, 3.8) is 0 Å². The summed E-state index contributed by atoms with van der Waals surface area (Å²) in [6.07, 6.45) is 1.58. The number of hydrazone groups is 1. The van der Waals surface area contributed by atoms with Gasteiger partial charge < -0.3 is 4.74 Å². The zero-order chi connectivity index (χ0) is 16.1. The van der Waals surface area contributed by atoms with Crippen molar-refractivity contribution < 1.29 is 9.53 Å². The highest BCUT2D eigenvalue weighted by atomic mass is 79.9. The molecule has 22 heavy (non-hydrogen) atoms. The Balaban J connectivity index is 1.91. The Bertz CT molecular complexity index is 692. The molecule has 0 saturated carbocycles. The quantitative estimate of drug-likeness (QED) is 0.654. The third-order valence-corrected chi connectivity index (χ3v) is 4.25. The minimum absolute atomic E-state index is 0.123. The Morgan fingerprint density at radius 1 is 1.41 bits per heavy atom. The van der Waals surface area contributed by atoms with Gasteiger partial charge in [-0.05, 0) is 59.6 Å². The highest BCUT2D eigenvalue weighted by Crippen LogP contribution is 2.19. The number of nitrogens with one attached hydrogen (secondary N) is 1. The van der Waals surface area contributed by atoms with Crippen LogP contribution in [0.1, 0.15) is 17.0 Å². The molecule has 1 aromatic carbocycles. The van der Waals surface area contributed by atoms with E-state index in [2.05, 4.69) is 31.6 Å². The number of amides is 1. The van der Waals surface area contributed by atoms with Gasteiger partial charge in [-0.15, -0.1) is 0 Å². The third kappa shape index (κ3) is 3.94. The summed E-state index contributed by atoms with van der Waals surface area (Å²) in [5, 5.41) is 8.21. The molecule has 1 aromatic heterocycles. The number of hydrogen-bond acceptors (Lipinski definition) is 4. The molecule has 2 rings (SSSR count). The summed E-state index contributed by atoms with van der Waals surface area (Å²) >= 11 is 3.43. The smallest absolute Gasteiger partial charge is 0.261 e. The van der Waals surface area contributed by atoms with E-state index in [4.69, 9.17) is 4.74 Å². The maximum Gasteiger partial charge on any atom is 0.261 e. The van der Waals surface area contributed by atoms with Crippen LogP contribution in [-0.2, 0) is 11.3 Å². The maximum absolute atomic E-state index is 11.9. The van der Waals surface area contributed by atoms with Crippen LogP contribution in [0.2, 0.25) is 0 Å². The van der Waals surface area contributed by atoms with Crippen molar-refractivity contribution in [1.29, 1.82) is 0 Å². The van der Waals surface area contributed by atoms with Gasteiger partial charge in [0.25, 0.3) is 5.91 Å². The molecule has 0 unspecified atom stereocenters. The average Bonchev–Trinajstić information content (AvgIpc) is 2.75. The lowest BCUT2D eigenvalue weighted by Gasteiger charge is -2.03. The lowest BCUT2D eigenvalue weighted by Crippen LogP contribution is -2.24. The van der Waals surface area contributed by atoms with Crippen molar-refractivity contribution in [1.82, 2.24) is 15.2 Å². The normalized spacial score (nSPS) is 10.9. The van der Waals surface area contributed by atoms with Gasteiger partial charge in [0.2, 0.25) is 0 Å². The second kappa shape index (κ2) is 7.22. The number of halogens is 1. The van der Waals surface area contributed by atoms with E-state index in [1.807, 2.05) is 38.1 Å². The SMILES string of the molecule is COc1ccc(/C=N\NC(=O)Cn2nc(C)c(Br)c2C)cc1. The zero-order valence-corrected chi connectivity index (χ0v) is 14.2. The average molecular weight is 365 g/mol. The van der Waals surface area contributed by atoms with Gasteiger partial charge in [0.05, 0.1) is 29.2 Å². The molecular formula is C15H17BrN4O2. The molecule has 0 aliphatic carbocycles. The second-order valence-corrected chi connectivity index (χ2v) is 5.50. The summed E-state index contributed by atoms with van der Waals surface area (Å²) in [5.41, 5.74) is 5.12. The van der Waals surface area contributed by atoms with Crippen molar-refractivity contribution in [2.24, 2.45) is 5.10 Å². The molecule has 0 fully saturated rings. The van der Waals surface area contributed by atoms with Crippen molar-refractivity contribution >= 4 is 28.1 Å². The minimum atomic E-state index is -0.233. The van der Waals surface area contributed by atoms with Gasteiger partial charge in [-0.3, -0.25) is 9.48 Å². The Morgan fingerprint density at radius 3 is 2.64 bits per heavy atom. The van der Waals surface area contributed by atoms with Crippen LogP contribution in [0.25, 0.3) is 0 Å². The Morgan fingerprint density at radius 2 is 2.09 bits per heavy atom. The predicted molar refractivity (Wildman–Crippen MR) is 88.1 cm³/mol. The molecule has 0 aliphatic rings. The number of benzene rings is 1. The van der Waals surface area contributed by atoms with E-state index in [0.29, 0.717) is 0 Å². The molecule has 0 bridgehead atoms.